The van der Waals surface area contributed by atoms with Crippen molar-refractivity contribution in [1.29, 1.82) is 0 Å². The van der Waals surface area contributed by atoms with Gasteiger partial charge in [-0.25, -0.2) is 4.79 Å². The fourth-order valence-corrected chi connectivity index (χ4v) is 1.14. The number of imide groups is 1. The molecule has 0 aromatic heterocycles. The first-order valence-corrected chi connectivity index (χ1v) is 5.53. The van der Waals surface area contributed by atoms with Crippen molar-refractivity contribution in [2.24, 2.45) is 0 Å². The maximum Gasteiger partial charge on any atom is 0.321 e. The van der Waals surface area contributed by atoms with Gasteiger partial charge in [-0.15, -0.1) is 11.6 Å². The molecular weight excluding hydrogens is 218 g/mol. The fourth-order valence-electron chi connectivity index (χ4n) is 1.07. The van der Waals surface area contributed by atoms with E-state index < -0.39 is 11.9 Å². The van der Waals surface area contributed by atoms with Crippen molar-refractivity contribution in [2.45, 2.75) is 13.8 Å². The molecule has 0 aliphatic heterocycles. The molecule has 0 aromatic rings. The number of carbonyl (C=O) groups excluding carboxylic acids is 2. The molecule has 0 unspecified atom stereocenters. The summed E-state index contributed by atoms with van der Waals surface area (Å²) in [4.78, 5) is 23.9. The number of rotatable bonds is 6. The molecule has 0 aliphatic carbocycles. The maximum absolute atomic E-state index is 11.1. The standard InChI is InChI=1S/C9H18ClN3O2/c1-3-13(4-2)6-5-11-9(15)12-8(14)7-10/h3-7H2,1-2H3,(H2,11,12,14,15). The van der Waals surface area contributed by atoms with Crippen molar-refractivity contribution in [3.63, 3.8) is 0 Å². The van der Waals surface area contributed by atoms with Crippen LogP contribution in [0.25, 0.3) is 0 Å². The Morgan fingerprint density at radius 1 is 1.27 bits per heavy atom. The van der Waals surface area contributed by atoms with Crippen LogP contribution in [0, 0.1) is 0 Å². The smallest absolute Gasteiger partial charge is 0.321 e. The van der Waals surface area contributed by atoms with Crippen LogP contribution in [0.15, 0.2) is 0 Å². The molecule has 0 heterocycles. The number of amides is 3. The number of nitrogens with one attached hydrogen (secondary N) is 2. The lowest BCUT2D eigenvalue weighted by atomic mass is 10.4. The first-order valence-electron chi connectivity index (χ1n) is 5.00. The Morgan fingerprint density at radius 3 is 2.33 bits per heavy atom. The molecule has 0 spiro atoms. The Kier molecular flexibility index (Phi) is 8.04. The summed E-state index contributed by atoms with van der Waals surface area (Å²) in [6.45, 7) is 7.29. The number of carbonyl (C=O) groups is 2. The van der Waals surface area contributed by atoms with Crippen molar-refractivity contribution < 1.29 is 9.59 Å². The average Bonchev–Trinajstić information content (AvgIpc) is 2.24. The zero-order chi connectivity index (χ0) is 11.7. The summed E-state index contributed by atoms with van der Waals surface area (Å²) in [5.41, 5.74) is 0. The van der Waals surface area contributed by atoms with Gasteiger partial charge in [0.15, 0.2) is 0 Å². The van der Waals surface area contributed by atoms with E-state index in [1.54, 1.807) is 0 Å². The number of hydrogen-bond donors (Lipinski definition) is 2. The predicted octanol–water partition coefficient (Wildman–Crippen LogP) is 0.393. The first-order chi connectivity index (χ1) is 7.13. The molecule has 0 rings (SSSR count). The van der Waals surface area contributed by atoms with Crippen LogP contribution in [0.2, 0.25) is 0 Å². The van der Waals surface area contributed by atoms with Crippen LogP contribution in [0.1, 0.15) is 13.8 Å². The van der Waals surface area contributed by atoms with Crippen LogP contribution in [-0.2, 0) is 4.79 Å². The molecule has 5 nitrogen and oxygen atoms in total. The lowest BCUT2D eigenvalue weighted by Gasteiger charge is -2.17. The highest BCUT2D eigenvalue weighted by molar-refractivity contribution is 6.28. The van der Waals surface area contributed by atoms with Gasteiger partial charge in [-0.1, -0.05) is 13.8 Å². The second-order valence-corrected chi connectivity index (χ2v) is 3.23. The molecule has 0 fully saturated rings. The van der Waals surface area contributed by atoms with Gasteiger partial charge in [0, 0.05) is 13.1 Å². The molecule has 0 saturated heterocycles. The van der Waals surface area contributed by atoms with Gasteiger partial charge >= 0.3 is 6.03 Å². The summed E-state index contributed by atoms with van der Waals surface area (Å²) in [5.74, 6) is -0.694. The number of halogens is 1. The highest BCUT2D eigenvalue weighted by atomic mass is 35.5. The summed E-state index contributed by atoms with van der Waals surface area (Å²) in [5, 5.41) is 4.68. The number of urea groups is 1. The molecule has 0 radical (unpaired) electrons. The Morgan fingerprint density at radius 2 is 1.87 bits per heavy atom. The summed E-state index contributed by atoms with van der Waals surface area (Å²) in [6.07, 6.45) is 0. The maximum atomic E-state index is 11.1. The van der Waals surface area contributed by atoms with Crippen LogP contribution in [0.5, 0.6) is 0 Å². The van der Waals surface area contributed by atoms with E-state index >= 15 is 0 Å². The van der Waals surface area contributed by atoms with Gasteiger partial charge in [-0.2, -0.15) is 0 Å². The largest absolute Gasteiger partial charge is 0.337 e. The van der Waals surface area contributed by atoms with Crippen LogP contribution in [0.3, 0.4) is 0 Å². The molecule has 0 saturated carbocycles. The van der Waals surface area contributed by atoms with E-state index in [1.165, 1.54) is 0 Å². The number of alkyl halides is 1. The van der Waals surface area contributed by atoms with Crippen molar-refractivity contribution in [3.05, 3.63) is 0 Å². The van der Waals surface area contributed by atoms with Gasteiger partial charge in [0.05, 0.1) is 0 Å². The zero-order valence-electron chi connectivity index (χ0n) is 9.18. The van der Waals surface area contributed by atoms with Crippen LogP contribution >= 0.6 is 11.6 Å². The van der Waals surface area contributed by atoms with Gasteiger partial charge in [0.1, 0.15) is 5.88 Å². The van der Waals surface area contributed by atoms with Crippen LogP contribution < -0.4 is 10.6 Å². The average molecular weight is 236 g/mol. The Hall–Kier alpha value is -0.810. The van der Waals surface area contributed by atoms with E-state index in [4.69, 9.17) is 11.6 Å². The topological polar surface area (TPSA) is 61.4 Å². The molecule has 6 heteroatoms. The normalized spacial score (nSPS) is 10.1. The Balaban J connectivity index is 3.58. The van der Waals surface area contributed by atoms with Crippen molar-refractivity contribution in [2.75, 3.05) is 32.1 Å². The molecular formula is C9H18ClN3O2. The quantitative estimate of drug-likeness (QED) is 0.655. The molecule has 2 N–H and O–H groups in total. The highest BCUT2D eigenvalue weighted by Gasteiger charge is 2.05. The van der Waals surface area contributed by atoms with Gasteiger partial charge in [-0.3, -0.25) is 10.1 Å². The Labute approximate surface area is 95.1 Å². The van der Waals surface area contributed by atoms with Crippen molar-refractivity contribution >= 4 is 23.5 Å². The third-order valence-electron chi connectivity index (χ3n) is 1.98. The molecule has 3 amide bonds. The highest BCUT2D eigenvalue weighted by Crippen LogP contribution is 1.84. The summed E-state index contributed by atoms with van der Waals surface area (Å²) in [6, 6.07) is -0.493. The molecule has 0 aliphatic rings. The van der Waals surface area contributed by atoms with E-state index in [9.17, 15) is 9.59 Å². The predicted molar refractivity (Wildman–Crippen MR) is 60.0 cm³/mol. The van der Waals surface area contributed by atoms with E-state index in [2.05, 4.69) is 29.4 Å². The minimum atomic E-state index is -0.493. The van der Waals surface area contributed by atoms with E-state index in [1.807, 2.05) is 0 Å². The monoisotopic (exact) mass is 235 g/mol. The van der Waals surface area contributed by atoms with E-state index in [0.29, 0.717) is 6.54 Å². The third kappa shape index (κ3) is 7.16. The van der Waals surface area contributed by atoms with Crippen molar-refractivity contribution in [3.8, 4) is 0 Å². The van der Waals surface area contributed by atoms with Crippen molar-refractivity contribution in [1.82, 2.24) is 15.5 Å². The van der Waals surface area contributed by atoms with E-state index in [-0.39, 0.29) is 5.88 Å². The number of hydrogen-bond acceptors (Lipinski definition) is 3. The minimum absolute atomic E-state index is 0.205. The van der Waals surface area contributed by atoms with Crippen LogP contribution in [0.4, 0.5) is 4.79 Å². The third-order valence-corrected chi connectivity index (χ3v) is 2.23. The van der Waals surface area contributed by atoms with E-state index in [0.717, 1.165) is 19.6 Å². The second kappa shape index (κ2) is 8.49. The SMILES string of the molecule is CCN(CC)CCNC(=O)NC(=O)CCl. The van der Waals surface area contributed by atoms with Gasteiger partial charge in [0.25, 0.3) is 0 Å². The minimum Gasteiger partial charge on any atom is -0.337 e. The van der Waals surface area contributed by atoms with Gasteiger partial charge in [-0.05, 0) is 13.1 Å². The molecule has 0 atom stereocenters. The Bertz CT molecular complexity index is 208. The van der Waals surface area contributed by atoms with Gasteiger partial charge < -0.3 is 10.2 Å². The zero-order valence-corrected chi connectivity index (χ0v) is 9.93. The summed E-state index contributed by atoms with van der Waals surface area (Å²) < 4.78 is 0. The molecule has 0 aromatic carbocycles. The molecule has 0 bridgehead atoms. The second-order valence-electron chi connectivity index (χ2n) is 2.96. The summed E-state index contributed by atoms with van der Waals surface area (Å²) >= 11 is 5.23. The molecule has 15 heavy (non-hydrogen) atoms. The lowest BCUT2D eigenvalue weighted by molar-refractivity contribution is -0.117. The fraction of sp³-hybridized carbons (Fsp3) is 0.778. The summed E-state index contributed by atoms with van der Waals surface area (Å²) in [7, 11) is 0. The number of likely N-dealkylation sites (N-methyl/N-ethyl adjacent to an activating group) is 1. The lowest BCUT2D eigenvalue weighted by Crippen LogP contribution is -2.43. The van der Waals surface area contributed by atoms with Crippen LogP contribution in [-0.4, -0.2) is 48.9 Å². The number of nitrogens with zero attached hydrogens (tertiary/aromatic N) is 1. The van der Waals surface area contributed by atoms with Gasteiger partial charge in [0.2, 0.25) is 5.91 Å². The first kappa shape index (κ1) is 14.2. The molecule has 88 valence electrons.